The zero-order valence-electron chi connectivity index (χ0n) is 11.6. The van der Waals surface area contributed by atoms with Gasteiger partial charge in [-0.1, -0.05) is 18.5 Å². The van der Waals surface area contributed by atoms with Gasteiger partial charge in [0.25, 0.3) is 0 Å². The Labute approximate surface area is 122 Å². The highest BCUT2D eigenvalue weighted by Gasteiger charge is 2.23. The van der Waals surface area contributed by atoms with Crippen LogP contribution in [0.5, 0.6) is 11.5 Å². The summed E-state index contributed by atoms with van der Waals surface area (Å²) in [5, 5.41) is 10.9. The standard InChI is InChI=1S/C15H17ClO4/c1-4-11-9(7-8-20-11)14(17)10-5-6-12(18-2)13(16)15(10)19-3/h5-8,14,17H,4H2,1-3H3. The van der Waals surface area contributed by atoms with Gasteiger partial charge in [0, 0.05) is 17.5 Å². The van der Waals surface area contributed by atoms with Gasteiger partial charge in [0.1, 0.15) is 28.4 Å². The van der Waals surface area contributed by atoms with Gasteiger partial charge in [-0.25, -0.2) is 0 Å². The Hall–Kier alpha value is -1.65. The summed E-state index contributed by atoms with van der Waals surface area (Å²) in [6.07, 6.45) is 1.41. The van der Waals surface area contributed by atoms with Gasteiger partial charge in [0.2, 0.25) is 0 Å². The highest BCUT2D eigenvalue weighted by molar-refractivity contribution is 6.33. The molecule has 0 aliphatic carbocycles. The van der Waals surface area contributed by atoms with Crippen molar-refractivity contribution in [3.8, 4) is 11.5 Å². The van der Waals surface area contributed by atoms with E-state index in [1.54, 1.807) is 24.5 Å². The number of methoxy groups -OCH3 is 2. The summed E-state index contributed by atoms with van der Waals surface area (Å²) in [6.45, 7) is 1.97. The molecule has 0 saturated carbocycles. The molecule has 0 aliphatic rings. The molecular formula is C15H17ClO4. The molecule has 1 unspecified atom stereocenters. The molecule has 0 radical (unpaired) electrons. The van der Waals surface area contributed by atoms with Crippen LogP contribution in [0.1, 0.15) is 29.9 Å². The van der Waals surface area contributed by atoms with Gasteiger partial charge in [-0.05, 0) is 18.2 Å². The van der Waals surface area contributed by atoms with Crippen molar-refractivity contribution >= 4 is 11.6 Å². The summed E-state index contributed by atoms with van der Waals surface area (Å²) in [7, 11) is 3.04. The molecule has 0 fully saturated rings. The smallest absolute Gasteiger partial charge is 0.147 e. The van der Waals surface area contributed by atoms with Crippen molar-refractivity contribution < 1.29 is 19.0 Å². The minimum atomic E-state index is -0.859. The maximum atomic E-state index is 10.6. The van der Waals surface area contributed by atoms with Crippen LogP contribution in [0.3, 0.4) is 0 Å². The molecule has 1 atom stereocenters. The summed E-state index contributed by atoms with van der Waals surface area (Å²) in [4.78, 5) is 0. The number of hydrogen-bond donors (Lipinski definition) is 1. The van der Waals surface area contributed by atoms with Gasteiger partial charge >= 0.3 is 0 Å². The highest BCUT2D eigenvalue weighted by atomic mass is 35.5. The molecule has 0 aliphatic heterocycles. The first-order chi connectivity index (χ1) is 9.63. The molecule has 1 aromatic carbocycles. The van der Waals surface area contributed by atoms with Gasteiger partial charge in [-0.3, -0.25) is 0 Å². The third kappa shape index (κ3) is 2.49. The van der Waals surface area contributed by atoms with Gasteiger partial charge < -0.3 is 19.0 Å². The zero-order chi connectivity index (χ0) is 14.7. The number of aliphatic hydroxyl groups is 1. The van der Waals surface area contributed by atoms with E-state index in [1.807, 2.05) is 6.92 Å². The Bertz CT molecular complexity index is 592. The second-order valence-electron chi connectivity index (χ2n) is 4.26. The first kappa shape index (κ1) is 14.8. The lowest BCUT2D eigenvalue weighted by Crippen LogP contribution is -2.04. The zero-order valence-corrected chi connectivity index (χ0v) is 12.4. The van der Waals surface area contributed by atoms with Crippen LogP contribution in [0.25, 0.3) is 0 Å². The first-order valence-electron chi connectivity index (χ1n) is 6.28. The van der Waals surface area contributed by atoms with Crippen LogP contribution in [-0.4, -0.2) is 19.3 Å². The molecule has 20 heavy (non-hydrogen) atoms. The fourth-order valence-electron chi connectivity index (χ4n) is 2.18. The van der Waals surface area contributed by atoms with Gasteiger partial charge in [0.05, 0.1) is 20.5 Å². The summed E-state index contributed by atoms with van der Waals surface area (Å²) in [5.41, 5.74) is 1.29. The van der Waals surface area contributed by atoms with Crippen molar-refractivity contribution in [3.05, 3.63) is 46.4 Å². The molecule has 2 rings (SSSR count). The SMILES string of the molecule is CCc1occc1C(O)c1ccc(OC)c(Cl)c1OC. The van der Waals surface area contributed by atoms with Crippen molar-refractivity contribution in [2.75, 3.05) is 14.2 Å². The number of ether oxygens (including phenoxy) is 2. The number of aryl methyl sites for hydroxylation is 1. The highest BCUT2D eigenvalue weighted by Crippen LogP contribution is 2.41. The van der Waals surface area contributed by atoms with Crippen molar-refractivity contribution in [3.63, 3.8) is 0 Å². The second-order valence-corrected chi connectivity index (χ2v) is 4.64. The molecule has 108 valence electrons. The molecule has 1 aromatic heterocycles. The van der Waals surface area contributed by atoms with Crippen LogP contribution in [0, 0.1) is 0 Å². The quantitative estimate of drug-likeness (QED) is 0.916. The number of hydrogen-bond acceptors (Lipinski definition) is 4. The molecule has 0 spiro atoms. The van der Waals surface area contributed by atoms with E-state index in [0.717, 1.165) is 5.76 Å². The maximum absolute atomic E-state index is 10.6. The van der Waals surface area contributed by atoms with E-state index in [0.29, 0.717) is 34.1 Å². The minimum absolute atomic E-state index is 0.341. The molecular weight excluding hydrogens is 280 g/mol. The van der Waals surface area contributed by atoms with Crippen molar-refractivity contribution in [2.45, 2.75) is 19.4 Å². The lowest BCUT2D eigenvalue weighted by molar-refractivity contribution is 0.211. The average Bonchev–Trinajstić information content (AvgIpc) is 2.94. The molecule has 1 heterocycles. The Kier molecular flexibility index (Phi) is 4.57. The fourth-order valence-corrected chi connectivity index (χ4v) is 2.51. The van der Waals surface area contributed by atoms with E-state index in [9.17, 15) is 5.11 Å². The predicted octanol–water partition coefficient (Wildman–Crippen LogP) is 3.59. The van der Waals surface area contributed by atoms with Crippen LogP contribution in [-0.2, 0) is 6.42 Å². The summed E-state index contributed by atoms with van der Waals surface area (Å²) < 4.78 is 15.8. The molecule has 1 N–H and O–H groups in total. The van der Waals surface area contributed by atoms with E-state index in [-0.39, 0.29) is 0 Å². The van der Waals surface area contributed by atoms with E-state index in [4.69, 9.17) is 25.5 Å². The van der Waals surface area contributed by atoms with E-state index in [2.05, 4.69) is 0 Å². The fraction of sp³-hybridized carbons (Fsp3) is 0.333. The molecule has 2 aromatic rings. The van der Waals surface area contributed by atoms with Crippen LogP contribution >= 0.6 is 11.6 Å². The van der Waals surface area contributed by atoms with E-state index in [1.165, 1.54) is 14.2 Å². The third-order valence-corrected chi connectivity index (χ3v) is 3.56. The molecule has 0 amide bonds. The third-order valence-electron chi connectivity index (χ3n) is 3.21. The number of halogens is 1. The Morgan fingerprint density at radius 2 is 1.95 bits per heavy atom. The molecule has 0 bridgehead atoms. The summed E-state index contributed by atoms with van der Waals surface area (Å²) in [5.74, 6) is 1.65. The second kappa shape index (κ2) is 6.20. The largest absolute Gasteiger partial charge is 0.495 e. The van der Waals surface area contributed by atoms with E-state index < -0.39 is 6.10 Å². The monoisotopic (exact) mass is 296 g/mol. The lowest BCUT2D eigenvalue weighted by Gasteiger charge is -2.17. The van der Waals surface area contributed by atoms with Crippen molar-refractivity contribution in [1.82, 2.24) is 0 Å². The summed E-state index contributed by atoms with van der Waals surface area (Å²) in [6, 6.07) is 5.19. The number of aliphatic hydroxyl groups excluding tert-OH is 1. The first-order valence-corrected chi connectivity index (χ1v) is 6.66. The van der Waals surface area contributed by atoms with Gasteiger partial charge in [0.15, 0.2) is 0 Å². The Morgan fingerprint density at radius 1 is 1.20 bits per heavy atom. The topological polar surface area (TPSA) is 51.8 Å². The lowest BCUT2D eigenvalue weighted by atomic mass is 10.00. The molecule has 0 saturated heterocycles. The van der Waals surface area contributed by atoms with Crippen LogP contribution in [0.4, 0.5) is 0 Å². The number of rotatable bonds is 5. The summed E-state index contributed by atoms with van der Waals surface area (Å²) >= 11 is 6.21. The number of furan rings is 1. The van der Waals surface area contributed by atoms with Crippen LogP contribution < -0.4 is 9.47 Å². The van der Waals surface area contributed by atoms with E-state index >= 15 is 0 Å². The molecule has 5 heteroatoms. The average molecular weight is 297 g/mol. The van der Waals surface area contributed by atoms with Gasteiger partial charge in [-0.2, -0.15) is 0 Å². The number of benzene rings is 1. The minimum Gasteiger partial charge on any atom is -0.495 e. The molecule has 4 nitrogen and oxygen atoms in total. The maximum Gasteiger partial charge on any atom is 0.147 e. The Morgan fingerprint density at radius 3 is 2.55 bits per heavy atom. The van der Waals surface area contributed by atoms with Crippen molar-refractivity contribution in [2.24, 2.45) is 0 Å². The van der Waals surface area contributed by atoms with Crippen LogP contribution in [0.2, 0.25) is 5.02 Å². The Balaban J connectivity index is 2.49. The normalized spacial score (nSPS) is 12.2. The van der Waals surface area contributed by atoms with Crippen LogP contribution in [0.15, 0.2) is 28.9 Å². The van der Waals surface area contributed by atoms with Crippen molar-refractivity contribution in [1.29, 1.82) is 0 Å². The predicted molar refractivity (Wildman–Crippen MR) is 76.7 cm³/mol. The van der Waals surface area contributed by atoms with Gasteiger partial charge in [-0.15, -0.1) is 0 Å².